The fraction of sp³-hybridized carbons (Fsp3) is 0.467. The quantitative estimate of drug-likeness (QED) is 0.811. The number of anilines is 2. The van der Waals surface area contributed by atoms with E-state index in [0.717, 1.165) is 33.9 Å². The van der Waals surface area contributed by atoms with Crippen LogP contribution in [0.25, 0.3) is 0 Å². The standard InChI is InChI=1S/C15H19N3OS2/c1-2-11-5-7-12(8-6-11)16-14-17-18-15(21-14)20-10-13-4-3-9-19-13/h5-8,13H,2-4,9-10H2,1H3,(H,16,17)/t13-/m1/s1. The van der Waals surface area contributed by atoms with Crippen molar-refractivity contribution in [1.29, 1.82) is 0 Å². The number of aryl methyl sites for hydroxylation is 1. The van der Waals surface area contributed by atoms with Crippen molar-refractivity contribution in [3.8, 4) is 0 Å². The third kappa shape index (κ3) is 4.18. The molecule has 1 aliphatic heterocycles. The second kappa shape index (κ2) is 7.24. The van der Waals surface area contributed by atoms with Crippen LogP contribution < -0.4 is 5.32 Å². The number of nitrogens with one attached hydrogen (secondary N) is 1. The Labute approximate surface area is 133 Å². The lowest BCUT2D eigenvalue weighted by Crippen LogP contribution is -2.07. The summed E-state index contributed by atoms with van der Waals surface area (Å²) in [6, 6.07) is 8.44. The van der Waals surface area contributed by atoms with E-state index >= 15 is 0 Å². The second-order valence-corrected chi connectivity index (χ2v) is 7.24. The summed E-state index contributed by atoms with van der Waals surface area (Å²) in [5.41, 5.74) is 2.39. The zero-order chi connectivity index (χ0) is 14.5. The third-order valence-electron chi connectivity index (χ3n) is 3.44. The molecule has 21 heavy (non-hydrogen) atoms. The molecule has 3 rings (SSSR count). The Morgan fingerprint density at radius 2 is 2.19 bits per heavy atom. The summed E-state index contributed by atoms with van der Waals surface area (Å²) in [6.45, 7) is 3.06. The van der Waals surface area contributed by atoms with Gasteiger partial charge in [0.05, 0.1) is 6.10 Å². The number of aromatic nitrogens is 2. The second-order valence-electron chi connectivity index (χ2n) is 4.99. The topological polar surface area (TPSA) is 47.0 Å². The molecule has 0 bridgehead atoms. The average Bonchev–Trinajstić information content (AvgIpc) is 3.17. The molecule has 6 heteroatoms. The van der Waals surface area contributed by atoms with E-state index in [9.17, 15) is 0 Å². The lowest BCUT2D eigenvalue weighted by atomic mass is 10.1. The first-order valence-corrected chi connectivity index (χ1v) is 9.07. The Morgan fingerprint density at radius 3 is 2.90 bits per heavy atom. The SMILES string of the molecule is CCc1ccc(Nc2nnc(SC[C@H]3CCCO3)s2)cc1. The highest BCUT2D eigenvalue weighted by Crippen LogP contribution is 2.29. The molecule has 1 fully saturated rings. The molecule has 2 heterocycles. The van der Waals surface area contributed by atoms with Gasteiger partial charge >= 0.3 is 0 Å². The maximum absolute atomic E-state index is 5.62. The fourth-order valence-electron chi connectivity index (χ4n) is 2.21. The molecule has 4 nitrogen and oxygen atoms in total. The Kier molecular flexibility index (Phi) is 5.11. The molecule has 0 spiro atoms. The number of thioether (sulfide) groups is 1. The summed E-state index contributed by atoms with van der Waals surface area (Å²) in [4.78, 5) is 0. The molecule has 0 unspecified atom stereocenters. The lowest BCUT2D eigenvalue weighted by molar-refractivity contribution is 0.129. The number of benzene rings is 1. The first-order chi connectivity index (χ1) is 10.3. The van der Waals surface area contributed by atoms with E-state index in [4.69, 9.17) is 4.74 Å². The minimum Gasteiger partial charge on any atom is -0.377 e. The fourth-order valence-corrected chi connectivity index (χ4v) is 4.07. The van der Waals surface area contributed by atoms with Gasteiger partial charge in [0.2, 0.25) is 5.13 Å². The maximum atomic E-state index is 5.62. The van der Waals surface area contributed by atoms with E-state index in [1.165, 1.54) is 18.4 Å². The first kappa shape index (κ1) is 14.8. The van der Waals surface area contributed by atoms with Crippen molar-refractivity contribution in [1.82, 2.24) is 10.2 Å². The minimum absolute atomic E-state index is 0.386. The van der Waals surface area contributed by atoms with Crippen LogP contribution in [0.15, 0.2) is 28.6 Å². The highest BCUT2D eigenvalue weighted by Gasteiger charge is 2.16. The summed E-state index contributed by atoms with van der Waals surface area (Å²) in [6.07, 6.45) is 3.79. The van der Waals surface area contributed by atoms with E-state index in [-0.39, 0.29) is 0 Å². The normalized spacial score (nSPS) is 18.0. The average molecular weight is 321 g/mol. The van der Waals surface area contributed by atoms with E-state index in [2.05, 4.69) is 46.7 Å². The summed E-state index contributed by atoms with van der Waals surface area (Å²) < 4.78 is 6.62. The van der Waals surface area contributed by atoms with Gasteiger partial charge in [0.1, 0.15) is 0 Å². The summed E-state index contributed by atoms with van der Waals surface area (Å²) in [5, 5.41) is 12.6. The number of ether oxygens (including phenoxy) is 1. The van der Waals surface area contributed by atoms with Gasteiger partial charge in [-0.25, -0.2) is 0 Å². The van der Waals surface area contributed by atoms with Gasteiger partial charge in [-0.2, -0.15) is 0 Å². The van der Waals surface area contributed by atoms with Crippen LogP contribution in [0.5, 0.6) is 0 Å². The molecule has 1 aliphatic rings. The molecule has 1 N–H and O–H groups in total. The van der Waals surface area contributed by atoms with Crippen LogP contribution in [0, 0.1) is 0 Å². The Bertz CT molecular complexity index is 565. The highest BCUT2D eigenvalue weighted by molar-refractivity contribution is 8.01. The molecule has 0 aliphatic carbocycles. The summed E-state index contributed by atoms with van der Waals surface area (Å²) in [5.74, 6) is 0.972. The predicted molar refractivity (Wildman–Crippen MR) is 88.7 cm³/mol. The Hall–Kier alpha value is -1.11. The molecule has 1 saturated heterocycles. The molecular formula is C15H19N3OS2. The van der Waals surface area contributed by atoms with Gasteiger partial charge in [0.15, 0.2) is 4.34 Å². The molecule has 1 aromatic heterocycles. The monoisotopic (exact) mass is 321 g/mol. The van der Waals surface area contributed by atoms with Gasteiger partial charge in [0, 0.05) is 18.0 Å². The number of hydrogen-bond donors (Lipinski definition) is 1. The van der Waals surface area contributed by atoms with E-state index in [1.54, 1.807) is 23.1 Å². The predicted octanol–water partition coefficient (Wildman–Crippen LogP) is 4.12. The van der Waals surface area contributed by atoms with Crippen LogP contribution in [-0.4, -0.2) is 28.7 Å². The van der Waals surface area contributed by atoms with E-state index in [1.807, 2.05) is 0 Å². The number of nitrogens with zero attached hydrogens (tertiary/aromatic N) is 2. The van der Waals surface area contributed by atoms with Crippen molar-refractivity contribution in [2.45, 2.75) is 36.6 Å². The van der Waals surface area contributed by atoms with Gasteiger partial charge in [-0.1, -0.05) is 42.2 Å². The Balaban J connectivity index is 1.53. The van der Waals surface area contributed by atoms with Gasteiger partial charge in [-0.05, 0) is 37.0 Å². The van der Waals surface area contributed by atoms with E-state index < -0.39 is 0 Å². The molecule has 2 aromatic rings. The molecule has 1 atom stereocenters. The van der Waals surface area contributed by atoms with Gasteiger partial charge in [-0.15, -0.1) is 10.2 Å². The largest absolute Gasteiger partial charge is 0.377 e. The van der Waals surface area contributed by atoms with Crippen LogP contribution in [-0.2, 0) is 11.2 Å². The van der Waals surface area contributed by atoms with Crippen molar-refractivity contribution in [3.63, 3.8) is 0 Å². The van der Waals surface area contributed by atoms with Crippen molar-refractivity contribution < 1.29 is 4.74 Å². The van der Waals surface area contributed by atoms with Crippen LogP contribution in [0.4, 0.5) is 10.8 Å². The zero-order valence-corrected chi connectivity index (χ0v) is 13.7. The van der Waals surface area contributed by atoms with Crippen LogP contribution in [0.1, 0.15) is 25.3 Å². The summed E-state index contributed by atoms with van der Waals surface area (Å²) >= 11 is 3.33. The molecule has 1 aromatic carbocycles. The Morgan fingerprint density at radius 1 is 1.33 bits per heavy atom. The van der Waals surface area contributed by atoms with Gasteiger partial charge in [-0.3, -0.25) is 0 Å². The summed E-state index contributed by atoms with van der Waals surface area (Å²) in [7, 11) is 0. The van der Waals surface area contributed by atoms with Crippen LogP contribution in [0.2, 0.25) is 0 Å². The van der Waals surface area contributed by atoms with Crippen molar-refractivity contribution in [2.75, 3.05) is 17.7 Å². The van der Waals surface area contributed by atoms with E-state index in [0.29, 0.717) is 6.10 Å². The smallest absolute Gasteiger partial charge is 0.210 e. The molecular weight excluding hydrogens is 302 g/mol. The van der Waals surface area contributed by atoms with Gasteiger partial charge < -0.3 is 10.1 Å². The molecule has 0 radical (unpaired) electrons. The zero-order valence-electron chi connectivity index (χ0n) is 12.0. The first-order valence-electron chi connectivity index (χ1n) is 7.27. The molecule has 0 saturated carbocycles. The molecule has 0 amide bonds. The van der Waals surface area contributed by atoms with Crippen LogP contribution >= 0.6 is 23.1 Å². The van der Waals surface area contributed by atoms with Crippen molar-refractivity contribution >= 4 is 33.9 Å². The minimum atomic E-state index is 0.386. The number of rotatable bonds is 6. The van der Waals surface area contributed by atoms with Crippen molar-refractivity contribution in [3.05, 3.63) is 29.8 Å². The highest BCUT2D eigenvalue weighted by atomic mass is 32.2. The van der Waals surface area contributed by atoms with Crippen LogP contribution in [0.3, 0.4) is 0 Å². The molecule has 112 valence electrons. The number of hydrogen-bond acceptors (Lipinski definition) is 6. The van der Waals surface area contributed by atoms with Gasteiger partial charge in [0.25, 0.3) is 0 Å². The third-order valence-corrected chi connectivity index (χ3v) is 5.54. The van der Waals surface area contributed by atoms with Crippen molar-refractivity contribution in [2.24, 2.45) is 0 Å². The lowest BCUT2D eigenvalue weighted by Gasteiger charge is -2.05. The maximum Gasteiger partial charge on any atom is 0.210 e.